The Labute approximate surface area is 170 Å². The molecule has 29 heavy (non-hydrogen) atoms. The molecular formula is C22H26FN3O3. The maximum Gasteiger partial charge on any atom is 0.262 e. The highest BCUT2D eigenvalue weighted by atomic mass is 19.1. The molecule has 0 aliphatic rings. The lowest BCUT2D eigenvalue weighted by Crippen LogP contribution is -2.48. The van der Waals surface area contributed by atoms with Crippen molar-refractivity contribution in [2.45, 2.75) is 39.8 Å². The second kappa shape index (κ2) is 10.4. The van der Waals surface area contributed by atoms with E-state index >= 15 is 0 Å². The number of ether oxygens (including phenoxy) is 1. The third-order valence-corrected chi connectivity index (χ3v) is 4.00. The molecule has 0 fully saturated rings. The fourth-order valence-electron chi connectivity index (χ4n) is 2.54. The summed E-state index contributed by atoms with van der Waals surface area (Å²) in [6.45, 7) is 7.47. The van der Waals surface area contributed by atoms with Crippen molar-refractivity contribution in [3.8, 4) is 5.75 Å². The molecule has 0 aromatic heterocycles. The van der Waals surface area contributed by atoms with Gasteiger partial charge in [-0.3, -0.25) is 9.59 Å². The molecule has 0 spiro atoms. The predicted molar refractivity (Wildman–Crippen MR) is 110 cm³/mol. The lowest BCUT2D eigenvalue weighted by atomic mass is 10.0. The smallest absolute Gasteiger partial charge is 0.262 e. The van der Waals surface area contributed by atoms with Crippen LogP contribution in [0.15, 0.2) is 53.6 Å². The number of amides is 2. The lowest BCUT2D eigenvalue weighted by molar-refractivity contribution is -0.123. The number of carbonyl (C=O) groups is 2. The van der Waals surface area contributed by atoms with Gasteiger partial charge in [0.2, 0.25) is 0 Å². The first-order valence-corrected chi connectivity index (χ1v) is 9.43. The summed E-state index contributed by atoms with van der Waals surface area (Å²) >= 11 is 0. The minimum atomic E-state index is -0.799. The van der Waals surface area contributed by atoms with Gasteiger partial charge in [0.25, 0.3) is 11.8 Å². The molecule has 0 aliphatic heterocycles. The Morgan fingerprint density at radius 1 is 1.03 bits per heavy atom. The van der Waals surface area contributed by atoms with Crippen LogP contribution >= 0.6 is 0 Å². The van der Waals surface area contributed by atoms with Crippen LogP contribution in [0.5, 0.6) is 5.75 Å². The van der Waals surface area contributed by atoms with Crippen molar-refractivity contribution < 1.29 is 18.7 Å². The second-order valence-corrected chi connectivity index (χ2v) is 7.14. The van der Waals surface area contributed by atoms with Crippen molar-refractivity contribution in [3.63, 3.8) is 0 Å². The topological polar surface area (TPSA) is 79.8 Å². The van der Waals surface area contributed by atoms with Crippen LogP contribution < -0.4 is 15.5 Å². The Hall–Kier alpha value is -3.22. The fourth-order valence-corrected chi connectivity index (χ4v) is 2.54. The maximum atomic E-state index is 13.0. The van der Waals surface area contributed by atoms with Gasteiger partial charge in [0.05, 0.1) is 12.3 Å². The molecular weight excluding hydrogens is 373 g/mol. The van der Waals surface area contributed by atoms with E-state index in [2.05, 4.69) is 15.8 Å². The first kappa shape index (κ1) is 22.1. The highest BCUT2D eigenvalue weighted by Crippen LogP contribution is 2.17. The summed E-state index contributed by atoms with van der Waals surface area (Å²) in [5.41, 5.74) is 3.45. The number of hydrogen-bond acceptors (Lipinski definition) is 4. The van der Waals surface area contributed by atoms with Crippen LogP contribution in [0.3, 0.4) is 0 Å². The number of nitrogens with one attached hydrogen (secondary N) is 2. The largest absolute Gasteiger partial charge is 0.490 e. The number of halogens is 1. The van der Waals surface area contributed by atoms with Crippen LogP contribution in [0.4, 0.5) is 4.39 Å². The van der Waals surface area contributed by atoms with Crippen LogP contribution in [0.25, 0.3) is 0 Å². The van der Waals surface area contributed by atoms with E-state index in [1.807, 2.05) is 52.0 Å². The number of nitrogens with zero attached hydrogens (tertiary/aromatic N) is 1. The maximum absolute atomic E-state index is 13.0. The molecule has 2 rings (SSSR count). The van der Waals surface area contributed by atoms with E-state index in [9.17, 15) is 14.0 Å². The first-order chi connectivity index (χ1) is 13.8. The van der Waals surface area contributed by atoms with Crippen molar-refractivity contribution in [1.82, 2.24) is 10.7 Å². The van der Waals surface area contributed by atoms with Crippen LogP contribution in [-0.2, 0) is 4.79 Å². The molecule has 2 amide bonds. The van der Waals surface area contributed by atoms with Crippen LogP contribution in [0.2, 0.25) is 0 Å². The van der Waals surface area contributed by atoms with Crippen molar-refractivity contribution in [1.29, 1.82) is 0 Å². The van der Waals surface area contributed by atoms with Crippen molar-refractivity contribution in [3.05, 3.63) is 65.5 Å². The molecule has 0 radical (unpaired) electrons. The zero-order chi connectivity index (χ0) is 21.4. The average Bonchev–Trinajstić information content (AvgIpc) is 2.67. The Morgan fingerprint density at radius 2 is 1.69 bits per heavy atom. The summed E-state index contributed by atoms with van der Waals surface area (Å²) in [5.74, 6) is -0.861. The van der Waals surface area contributed by atoms with Gasteiger partial charge in [-0.15, -0.1) is 0 Å². The Bertz CT molecular complexity index is 864. The number of rotatable bonds is 8. The van der Waals surface area contributed by atoms with Gasteiger partial charge in [-0.2, -0.15) is 5.10 Å². The molecule has 1 atom stereocenters. The number of hydrogen-bond donors (Lipinski definition) is 2. The number of carbonyl (C=O) groups excluding carboxylic acids is 2. The monoisotopic (exact) mass is 399 g/mol. The SMILES string of the molecule is CC(C)Oc1ccccc1C=NNC(=O)C(NC(=O)c1ccc(F)cc1)C(C)C. The van der Waals surface area contributed by atoms with Crippen molar-refractivity contribution in [2.24, 2.45) is 11.0 Å². The molecule has 7 heteroatoms. The number of para-hydroxylation sites is 1. The van der Waals surface area contributed by atoms with Gasteiger partial charge in [-0.1, -0.05) is 26.0 Å². The molecule has 154 valence electrons. The Morgan fingerprint density at radius 3 is 2.31 bits per heavy atom. The van der Waals surface area contributed by atoms with Gasteiger partial charge < -0.3 is 10.1 Å². The van der Waals surface area contributed by atoms with E-state index in [0.29, 0.717) is 5.75 Å². The molecule has 0 heterocycles. The molecule has 0 bridgehead atoms. The molecule has 2 aromatic carbocycles. The Balaban J connectivity index is 2.04. The first-order valence-electron chi connectivity index (χ1n) is 9.43. The third-order valence-electron chi connectivity index (χ3n) is 4.00. The van der Waals surface area contributed by atoms with Gasteiger partial charge in [0, 0.05) is 11.1 Å². The Kier molecular flexibility index (Phi) is 7.88. The van der Waals surface area contributed by atoms with Gasteiger partial charge in [0.15, 0.2) is 0 Å². The summed E-state index contributed by atoms with van der Waals surface area (Å²) < 4.78 is 18.7. The van der Waals surface area contributed by atoms with Crippen LogP contribution in [-0.4, -0.2) is 30.2 Å². The zero-order valence-electron chi connectivity index (χ0n) is 17.0. The fraction of sp³-hybridized carbons (Fsp3) is 0.318. The summed E-state index contributed by atoms with van der Waals surface area (Å²) in [4.78, 5) is 24.9. The molecule has 1 unspecified atom stereocenters. The molecule has 0 saturated heterocycles. The summed E-state index contributed by atoms with van der Waals surface area (Å²) in [5, 5.41) is 6.67. The highest BCUT2D eigenvalue weighted by molar-refractivity contribution is 5.97. The van der Waals surface area contributed by atoms with Crippen LogP contribution in [0, 0.1) is 11.7 Å². The standard InChI is InChI=1S/C22H26FN3O3/c1-14(2)20(25-21(27)16-9-11-18(23)12-10-16)22(28)26-24-13-17-7-5-6-8-19(17)29-15(3)4/h5-15,20H,1-4H3,(H,25,27)(H,26,28). The van der Waals surface area contributed by atoms with E-state index in [4.69, 9.17) is 4.74 Å². The van der Waals surface area contributed by atoms with E-state index in [-0.39, 0.29) is 17.6 Å². The minimum absolute atomic E-state index is 0.00568. The summed E-state index contributed by atoms with van der Waals surface area (Å²) in [6.07, 6.45) is 1.50. The summed E-state index contributed by atoms with van der Waals surface area (Å²) in [7, 11) is 0. The second-order valence-electron chi connectivity index (χ2n) is 7.14. The molecule has 2 N–H and O–H groups in total. The quantitative estimate of drug-likeness (QED) is 0.527. The van der Waals surface area contributed by atoms with Crippen LogP contribution in [0.1, 0.15) is 43.6 Å². The zero-order valence-corrected chi connectivity index (χ0v) is 17.0. The summed E-state index contributed by atoms with van der Waals surface area (Å²) in [6, 6.07) is 11.7. The van der Waals surface area contributed by atoms with Gasteiger partial charge in [0.1, 0.15) is 17.6 Å². The number of hydrazone groups is 1. The molecule has 2 aromatic rings. The third kappa shape index (κ3) is 6.71. The predicted octanol–water partition coefficient (Wildman–Crippen LogP) is 3.52. The van der Waals surface area contributed by atoms with E-state index in [0.717, 1.165) is 5.56 Å². The normalized spacial score (nSPS) is 12.2. The average molecular weight is 399 g/mol. The van der Waals surface area contributed by atoms with Gasteiger partial charge in [-0.25, -0.2) is 9.82 Å². The molecule has 6 nitrogen and oxygen atoms in total. The highest BCUT2D eigenvalue weighted by Gasteiger charge is 2.24. The van der Waals surface area contributed by atoms with E-state index < -0.39 is 23.7 Å². The van der Waals surface area contributed by atoms with E-state index in [1.54, 1.807) is 0 Å². The molecule has 0 saturated carbocycles. The minimum Gasteiger partial charge on any atom is -0.490 e. The lowest BCUT2D eigenvalue weighted by Gasteiger charge is -2.20. The van der Waals surface area contributed by atoms with Gasteiger partial charge >= 0.3 is 0 Å². The van der Waals surface area contributed by atoms with Crippen molar-refractivity contribution in [2.75, 3.05) is 0 Å². The van der Waals surface area contributed by atoms with Crippen molar-refractivity contribution >= 4 is 18.0 Å². The number of benzene rings is 2. The molecule has 0 aliphatic carbocycles. The van der Waals surface area contributed by atoms with Gasteiger partial charge in [-0.05, 0) is 56.2 Å². The van der Waals surface area contributed by atoms with E-state index in [1.165, 1.54) is 30.5 Å².